The first-order chi connectivity index (χ1) is 16.5. The van der Waals surface area contributed by atoms with Crippen molar-refractivity contribution in [3.05, 3.63) is 47.8 Å². The summed E-state index contributed by atoms with van der Waals surface area (Å²) in [6.45, 7) is 13.6. The van der Waals surface area contributed by atoms with Gasteiger partial charge < -0.3 is 0 Å². The molecule has 0 aliphatic heterocycles. The minimum absolute atomic E-state index is 0.0295. The number of benzene rings is 1. The van der Waals surface area contributed by atoms with Crippen LogP contribution in [-0.2, 0) is 20.4 Å². The van der Waals surface area contributed by atoms with Crippen LogP contribution in [0.3, 0.4) is 0 Å². The Morgan fingerprint density at radius 3 is 2.71 bits per heavy atom. The van der Waals surface area contributed by atoms with Gasteiger partial charge in [0.15, 0.2) is 0 Å². The topological polar surface area (TPSA) is 73.3 Å². The van der Waals surface area contributed by atoms with E-state index in [0.29, 0.717) is 10.6 Å². The molecule has 0 saturated heterocycles. The van der Waals surface area contributed by atoms with Gasteiger partial charge in [0.25, 0.3) is 0 Å². The van der Waals surface area contributed by atoms with E-state index < -0.39 is 24.1 Å². The van der Waals surface area contributed by atoms with Crippen molar-refractivity contribution in [1.82, 2.24) is 9.97 Å². The number of anilines is 1. The van der Waals surface area contributed by atoms with Crippen molar-refractivity contribution in [3.8, 4) is 0 Å². The van der Waals surface area contributed by atoms with Gasteiger partial charge in [0.2, 0.25) is 0 Å². The summed E-state index contributed by atoms with van der Waals surface area (Å²) in [5, 5.41) is 3.77. The van der Waals surface area contributed by atoms with Crippen molar-refractivity contribution in [2.24, 2.45) is 5.92 Å². The van der Waals surface area contributed by atoms with Gasteiger partial charge in [-0.1, -0.05) is 0 Å². The molecule has 2 aromatic rings. The molecule has 1 fully saturated rings. The van der Waals surface area contributed by atoms with Crippen LogP contribution in [0.2, 0.25) is 18.1 Å². The first-order valence-corrected chi connectivity index (χ1v) is 17.9. The third kappa shape index (κ3) is 6.55. The van der Waals surface area contributed by atoms with Gasteiger partial charge in [0.1, 0.15) is 0 Å². The Morgan fingerprint density at radius 2 is 1.97 bits per heavy atom. The number of hydrogen-bond donors (Lipinski definition) is 1. The molecule has 5 atom stereocenters. The molecule has 4 rings (SSSR count). The quantitative estimate of drug-likeness (QED) is 0.384. The summed E-state index contributed by atoms with van der Waals surface area (Å²) in [5.41, 5.74) is 3.01. The van der Waals surface area contributed by atoms with Crippen LogP contribution < -0.4 is 9.80 Å². The predicted octanol–water partition coefficient (Wildman–Crippen LogP) is 4.37. The number of aromatic nitrogens is 2. The van der Waals surface area contributed by atoms with Gasteiger partial charge in [0.05, 0.1) is 0 Å². The van der Waals surface area contributed by atoms with Crippen LogP contribution in [0, 0.1) is 5.92 Å². The van der Waals surface area contributed by atoms with E-state index in [-0.39, 0.29) is 23.2 Å². The Hall–Kier alpha value is -1.69. The Kier molecular flexibility index (Phi) is 8.09. The molecule has 0 amide bonds. The van der Waals surface area contributed by atoms with Gasteiger partial charge in [-0.15, -0.1) is 0 Å². The molecule has 0 bridgehead atoms. The Bertz CT molecular complexity index is 1040. The molecule has 8 heteroatoms. The van der Waals surface area contributed by atoms with Gasteiger partial charge >= 0.3 is 218 Å². The summed E-state index contributed by atoms with van der Waals surface area (Å²) in [7, 11) is -1.82. The molecule has 2 aliphatic carbocycles. The molecule has 2 aliphatic rings. The maximum absolute atomic E-state index is 11.8. The molecule has 1 aromatic carbocycles. The van der Waals surface area contributed by atoms with Crippen LogP contribution in [-0.4, -0.2) is 58.8 Å². The zero-order chi connectivity index (χ0) is 25.2. The third-order valence-corrected chi connectivity index (χ3v) is 15.5. The van der Waals surface area contributed by atoms with Crippen LogP contribution in [0.15, 0.2) is 36.7 Å². The molecule has 6 nitrogen and oxygen atoms in total. The molecule has 35 heavy (non-hydrogen) atoms. The van der Waals surface area contributed by atoms with E-state index in [2.05, 4.69) is 79.5 Å². The average molecular weight is 558 g/mol. The second-order valence-corrected chi connectivity index (χ2v) is 19.5. The molecule has 1 heterocycles. The Balaban J connectivity index is 1.41. The third-order valence-electron chi connectivity index (χ3n) is 7.86. The molecule has 2 unspecified atom stereocenters. The first-order valence-electron chi connectivity index (χ1n) is 12.8. The standard InChI is InChI=1S/C27H40AsN3O3Si/c1-18(32)34-24-14-19(16-33-35(5,6)27(2,3)4)13-23(24)31-26-15-25(29-17-30-26)28-22-12-11-20-9-7-8-10-21(20)22/h7-10,15,17,19,22-24,28H,11-14,16H2,1-6H3,(H,29,30,31)/t19-,22?,23-,24-/m1/s1. The first kappa shape index (κ1) is 26.4. The number of nitrogens with zero attached hydrogens (tertiary/aromatic N) is 2. The molecule has 0 spiro atoms. The summed E-state index contributed by atoms with van der Waals surface area (Å²) < 4.78 is 14.0. The average Bonchev–Trinajstić information content (AvgIpc) is 3.35. The molecule has 1 aromatic heterocycles. The molecule has 0 radical (unpaired) electrons. The van der Waals surface area contributed by atoms with Crippen LogP contribution in [0.1, 0.15) is 62.8 Å². The van der Waals surface area contributed by atoms with Crippen LogP contribution in [0.25, 0.3) is 0 Å². The van der Waals surface area contributed by atoms with Crippen LogP contribution in [0.5, 0.6) is 0 Å². The summed E-state index contributed by atoms with van der Waals surface area (Å²) in [6, 6.07) is 11.0. The van der Waals surface area contributed by atoms with Gasteiger partial charge in [0, 0.05) is 0 Å². The fourth-order valence-corrected chi connectivity index (χ4v) is 8.96. The summed E-state index contributed by atoms with van der Waals surface area (Å²) in [4.78, 5) is 20.9. The minimum atomic E-state index is -1.82. The van der Waals surface area contributed by atoms with Crippen LogP contribution in [0.4, 0.5) is 5.82 Å². The Labute approximate surface area is 217 Å². The van der Waals surface area contributed by atoms with Crippen molar-refractivity contribution >= 4 is 40.3 Å². The molecule has 1 N–H and O–H groups in total. The molecule has 190 valence electrons. The van der Waals surface area contributed by atoms with E-state index >= 15 is 0 Å². The van der Waals surface area contributed by atoms with Gasteiger partial charge in [-0.25, -0.2) is 0 Å². The van der Waals surface area contributed by atoms with E-state index in [9.17, 15) is 4.79 Å². The van der Waals surface area contributed by atoms with Gasteiger partial charge in [-0.2, -0.15) is 0 Å². The molecular formula is C27H40AsN3O3Si. The van der Waals surface area contributed by atoms with Crippen molar-refractivity contribution in [3.63, 3.8) is 0 Å². The normalized spacial score (nSPS) is 24.6. The summed E-state index contributed by atoms with van der Waals surface area (Å²) in [5.74, 6) is 0.955. The summed E-state index contributed by atoms with van der Waals surface area (Å²) >= 11 is -0.419. The predicted molar refractivity (Wildman–Crippen MR) is 145 cm³/mol. The maximum atomic E-state index is 11.8. The van der Waals surface area contributed by atoms with Crippen molar-refractivity contribution in [2.75, 3.05) is 11.9 Å². The van der Waals surface area contributed by atoms with E-state index in [4.69, 9.17) is 9.16 Å². The Morgan fingerprint density at radius 1 is 1.20 bits per heavy atom. The second-order valence-electron chi connectivity index (χ2n) is 11.5. The second kappa shape index (κ2) is 10.7. The van der Waals surface area contributed by atoms with Gasteiger partial charge in [-0.3, -0.25) is 0 Å². The number of hydrogen-bond acceptors (Lipinski definition) is 6. The van der Waals surface area contributed by atoms with Crippen LogP contribution >= 0.6 is 0 Å². The number of carbonyl (C=O) groups is 1. The zero-order valence-electron chi connectivity index (χ0n) is 21.9. The number of rotatable bonds is 8. The number of carbonyl (C=O) groups excluding carboxylic acids is 1. The van der Waals surface area contributed by atoms with E-state index in [1.165, 1.54) is 35.4 Å². The molecule has 1 saturated carbocycles. The summed E-state index contributed by atoms with van der Waals surface area (Å²) in [6.07, 6.45) is 5.62. The molecular weight excluding hydrogens is 517 g/mol. The zero-order valence-corrected chi connectivity index (χ0v) is 25.0. The van der Waals surface area contributed by atoms with Crippen molar-refractivity contribution in [1.29, 1.82) is 0 Å². The number of fused-ring (bicyclic) bond motifs is 1. The fraction of sp³-hybridized carbons (Fsp3) is 0.593. The van der Waals surface area contributed by atoms with E-state index in [1.807, 2.05) is 0 Å². The number of nitrogens with one attached hydrogen (secondary N) is 1. The number of esters is 1. The SMILES string of the molecule is CC(=O)O[C@@H]1C[C@H](CO[Si](C)(C)C(C)(C)C)C[C@H]1Nc1cc([AsH]C2CCc3ccccc32)ncn1. The fourth-order valence-electron chi connectivity index (χ4n) is 4.86. The van der Waals surface area contributed by atoms with Gasteiger partial charge in [-0.05, 0) is 0 Å². The van der Waals surface area contributed by atoms with E-state index in [0.717, 1.165) is 25.3 Å². The number of aryl methyl sites for hydroxylation is 1. The van der Waals surface area contributed by atoms with E-state index in [1.54, 1.807) is 6.33 Å². The van der Waals surface area contributed by atoms with Crippen molar-refractivity contribution in [2.45, 2.75) is 88.4 Å². The number of ether oxygens (including phenoxy) is 1. The monoisotopic (exact) mass is 557 g/mol. The van der Waals surface area contributed by atoms with Crippen molar-refractivity contribution < 1.29 is 14.0 Å².